The van der Waals surface area contributed by atoms with Crippen molar-refractivity contribution >= 4 is 13.8 Å². The van der Waals surface area contributed by atoms with Crippen molar-refractivity contribution in [1.29, 1.82) is 0 Å². The molecule has 0 amide bonds. The largest absolute Gasteiger partial charge is 1.00 e. The van der Waals surface area contributed by atoms with E-state index in [9.17, 15) is 29.6 Å². The number of hydrogen-bond acceptors (Lipinski definition) is 7. The Bertz CT molecular complexity index is 608. The van der Waals surface area contributed by atoms with Gasteiger partial charge in [0, 0.05) is 18.4 Å². The summed E-state index contributed by atoms with van der Waals surface area (Å²) >= 11 is 0. The number of aromatic carboxylic acids is 1. The van der Waals surface area contributed by atoms with Crippen LogP contribution in [0.15, 0.2) is 24.5 Å². The zero-order chi connectivity index (χ0) is 16.5. The van der Waals surface area contributed by atoms with Gasteiger partial charge < -0.3 is 34.4 Å². The van der Waals surface area contributed by atoms with E-state index in [1.807, 2.05) is 0 Å². The number of aliphatic hydroxyl groups excluding tert-OH is 2. The van der Waals surface area contributed by atoms with Crippen molar-refractivity contribution in [1.82, 2.24) is 0 Å². The maximum atomic E-state index is 10.8. The SMILES string of the molecule is O=C([O-])c1ccc[n+]([C@@H]2C[C@H](COP(=O)([O-])O)[C@@H](O)[C@H]2O)c1.[Na+]. The molecule has 0 spiro atoms. The van der Waals surface area contributed by atoms with Gasteiger partial charge in [-0.1, -0.05) is 0 Å². The van der Waals surface area contributed by atoms with Gasteiger partial charge in [0.15, 0.2) is 18.4 Å². The summed E-state index contributed by atoms with van der Waals surface area (Å²) in [6.45, 7) is -0.479. The Balaban J connectivity index is 0.00000264. The third-order valence-corrected chi connectivity index (χ3v) is 4.14. The van der Waals surface area contributed by atoms with Crippen LogP contribution < -0.4 is 44.1 Å². The maximum absolute atomic E-state index is 10.8. The number of carboxylic acid groups (broad SMARTS) is 1. The van der Waals surface area contributed by atoms with Gasteiger partial charge in [-0.15, -0.1) is 0 Å². The molecule has 11 heteroatoms. The number of carbonyl (C=O) groups excluding carboxylic acids is 1. The number of hydrogen-bond donors (Lipinski definition) is 3. The molecule has 1 aliphatic rings. The van der Waals surface area contributed by atoms with Gasteiger partial charge in [-0.25, -0.2) is 0 Å². The molecule has 0 saturated heterocycles. The van der Waals surface area contributed by atoms with E-state index in [1.54, 1.807) is 0 Å². The van der Waals surface area contributed by atoms with Gasteiger partial charge in [0.25, 0.3) is 7.82 Å². The predicted molar refractivity (Wildman–Crippen MR) is 65.9 cm³/mol. The number of nitrogens with zero attached hydrogens (tertiary/aromatic N) is 1. The Hall–Kier alpha value is -0.350. The van der Waals surface area contributed by atoms with E-state index >= 15 is 0 Å². The van der Waals surface area contributed by atoms with Gasteiger partial charge >= 0.3 is 29.6 Å². The maximum Gasteiger partial charge on any atom is 1.00 e. The van der Waals surface area contributed by atoms with Crippen LogP contribution in [-0.2, 0) is 9.09 Å². The van der Waals surface area contributed by atoms with Gasteiger partial charge in [0.1, 0.15) is 6.10 Å². The van der Waals surface area contributed by atoms with Crippen LogP contribution in [0.3, 0.4) is 0 Å². The normalized spacial score (nSPS) is 29.6. The van der Waals surface area contributed by atoms with Crippen LogP contribution in [0, 0.1) is 5.92 Å². The minimum absolute atomic E-state index is 0. The topological polar surface area (TPSA) is 154 Å². The molecule has 3 N–H and O–H groups in total. The van der Waals surface area contributed by atoms with Crippen LogP contribution >= 0.6 is 7.82 Å². The summed E-state index contributed by atoms with van der Waals surface area (Å²) in [5, 5.41) is 30.8. The summed E-state index contributed by atoms with van der Waals surface area (Å²) < 4.78 is 16.2. The number of aliphatic hydroxyl groups is 2. The number of phosphoric ester groups is 1. The number of pyridine rings is 1. The van der Waals surface area contributed by atoms with Crippen molar-refractivity contribution in [2.45, 2.75) is 24.7 Å². The summed E-state index contributed by atoms with van der Waals surface area (Å²) in [5.41, 5.74) is -0.0942. The third-order valence-electron chi connectivity index (χ3n) is 3.66. The van der Waals surface area contributed by atoms with Crippen LogP contribution in [0.4, 0.5) is 0 Å². The monoisotopic (exact) mass is 355 g/mol. The molecule has 0 bridgehead atoms. The molecule has 1 aliphatic carbocycles. The van der Waals surface area contributed by atoms with Crippen LogP contribution in [0.25, 0.3) is 0 Å². The average molecular weight is 355 g/mol. The average Bonchev–Trinajstić information content (AvgIpc) is 2.72. The molecule has 122 valence electrons. The van der Waals surface area contributed by atoms with Crippen molar-refractivity contribution in [2.75, 3.05) is 6.61 Å². The first-order valence-electron chi connectivity index (χ1n) is 6.45. The van der Waals surface area contributed by atoms with E-state index < -0.39 is 44.6 Å². The summed E-state index contributed by atoms with van der Waals surface area (Å²) in [7, 11) is -4.91. The van der Waals surface area contributed by atoms with E-state index in [0.717, 1.165) is 0 Å². The molecule has 1 aromatic rings. The third kappa shape index (κ3) is 5.32. The number of carbonyl (C=O) groups is 1. The van der Waals surface area contributed by atoms with E-state index in [4.69, 9.17) is 4.89 Å². The standard InChI is InChI=1S/C12H16NO8P.Na/c14-10-8(6-21-22(18,19)20)4-9(11(10)15)13-3-1-2-7(5-13)12(16)17;/h1-3,5,8-11,14-15H,4,6H2,(H2-,16,17,18,19,20);/q;+1/p-1/t8-,9-,10-,11+;/m1./s1. The number of carboxylic acids is 1. The molecule has 0 aliphatic heterocycles. The fourth-order valence-electron chi connectivity index (χ4n) is 2.57. The zero-order valence-corrected chi connectivity index (χ0v) is 15.2. The molecule has 1 fully saturated rings. The fourth-order valence-corrected chi connectivity index (χ4v) is 2.95. The van der Waals surface area contributed by atoms with Gasteiger partial charge in [-0.05, 0) is 6.07 Å². The van der Waals surface area contributed by atoms with Crippen molar-refractivity contribution < 1.29 is 73.1 Å². The van der Waals surface area contributed by atoms with E-state index in [0.29, 0.717) is 0 Å². The molecule has 1 aromatic heterocycles. The molecule has 5 atom stereocenters. The van der Waals surface area contributed by atoms with E-state index in [-0.39, 0.29) is 41.5 Å². The molecule has 23 heavy (non-hydrogen) atoms. The molecule has 9 nitrogen and oxygen atoms in total. The second kappa shape index (κ2) is 8.15. The second-order valence-electron chi connectivity index (χ2n) is 5.14. The van der Waals surface area contributed by atoms with E-state index in [1.165, 1.54) is 29.1 Å². The predicted octanol–water partition coefficient (Wildman–Crippen LogP) is -5.90. The summed E-state index contributed by atoms with van der Waals surface area (Å²) in [6, 6.07) is 2.12. The van der Waals surface area contributed by atoms with Gasteiger partial charge in [-0.2, -0.15) is 4.57 Å². The fraction of sp³-hybridized carbons (Fsp3) is 0.500. The van der Waals surface area contributed by atoms with Crippen molar-refractivity contribution in [3.8, 4) is 0 Å². The van der Waals surface area contributed by atoms with Crippen LogP contribution in [0.1, 0.15) is 22.8 Å². The smallest absolute Gasteiger partial charge is 0.756 e. The minimum Gasteiger partial charge on any atom is -0.756 e. The summed E-state index contributed by atoms with van der Waals surface area (Å²) in [4.78, 5) is 30.0. The quantitative estimate of drug-likeness (QED) is 0.268. The van der Waals surface area contributed by atoms with Crippen molar-refractivity contribution in [3.63, 3.8) is 0 Å². The second-order valence-corrected chi connectivity index (χ2v) is 6.33. The molecule has 1 saturated carbocycles. The number of rotatable bonds is 5. The Labute approximate surface area is 154 Å². The molecule has 0 aromatic carbocycles. The van der Waals surface area contributed by atoms with Gasteiger partial charge in [0.05, 0.1) is 24.2 Å². The first-order valence-corrected chi connectivity index (χ1v) is 7.95. The Morgan fingerprint density at radius 3 is 2.65 bits per heavy atom. The molecular weight excluding hydrogens is 340 g/mol. The van der Waals surface area contributed by atoms with E-state index in [2.05, 4.69) is 4.52 Å². The van der Waals surface area contributed by atoms with Crippen molar-refractivity contribution in [2.24, 2.45) is 5.92 Å². The Morgan fingerprint density at radius 2 is 2.09 bits per heavy atom. The first-order chi connectivity index (χ1) is 10.2. The number of aromatic nitrogens is 1. The van der Waals surface area contributed by atoms with Crippen LogP contribution in [-0.4, -0.2) is 39.9 Å². The Kier molecular flexibility index (Phi) is 7.34. The molecule has 0 radical (unpaired) electrons. The molecule has 1 unspecified atom stereocenters. The zero-order valence-electron chi connectivity index (χ0n) is 12.3. The van der Waals surface area contributed by atoms with Gasteiger partial charge in [-0.3, -0.25) is 4.57 Å². The summed E-state index contributed by atoms with van der Waals surface area (Å²) in [5.74, 6) is -2.11. The minimum atomic E-state index is -4.91. The summed E-state index contributed by atoms with van der Waals surface area (Å²) in [6.07, 6.45) is 0.407. The van der Waals surface area contributed by atoms with Gasteiger partial charge in [0.2, 0.25) is 0 Å². The molecular formula is C12H15NNaO8P. The first kappa shape index (κ1) is 20.7. The number of phosphoric acid groups is 1. The molecule has 2 rings (SSSR count). The Morgan fingerprint density at radius 1 is 1.43 bits per heavy atom. The molecule has 1 heterocycles. The van der Waals surface area contributed by atoms with Crippen LogP contribution in [0.2, 0.25) is 0 Å². The van der Waals surface area contributed by atoms with Crippen molar-refractivity contribution in [3.05, 3.63) is 30.1 Å². The van der Waals surface area contributed by atoms with Crippen LogP contribution in [0.5, 0.6) is 0 Å².